The molecule has 5 nitrogen and oxygen atoms in total. The minimum atomic E-state index is -0.0407. The molecular formula is C31H37N3O2. The lowest BCUT2D eigenvalue weighted by Gasteiger charge is -2.19. The summed E-state index contributed by atoms with van der Waals surface area (Å²) in [6.07, 6.45) is 1.53. The molecule has 188 valence electrons. The fourth-order valence-electron chi connectivity index (χ4n) is 4.48. The van der Waals surface area contributed by atoms with Crippen LogP contribution < -0.4 is 10.1 Å². The molecule has 0 unspecified atom stereocenters. The van der Waals surface area contributed by atoms with Crippen molar-refractivity contribution >= 4 is 16.9 Å². The fourth-order valence-corrected chi connectivity index (χ4v) is 4.48. The lowest BCUT2D eigenvalue weighted by molar-refractivity contribution is 0.0953. The lowest BCUT2D eigenvalue weighted by Crippen LogP contribution is -2.27. The fraction of sp³-hybridized carbons (Fsp3) is 0.355. The lowest BCUT2D eigenvalue weighted by atomic mass is 9.87. The molecule has 0 aliphatic rings. The molecule has 0 spiro atoms. The van der Waals surface area contributed by atoms with Crippen molar-refractivity contribution in [2.75, 3.05) is 13.2 Å². The van der Waals surface area contributed by atoms with E-state index in [0.29, 0.717) is 19.6 Å². The van der Waals surface area contributed by atoms with Crippen molar-refractivity contribution in [3.63, 3.8) is 0 Å². The minimum absolute atomic E-state index is 0.0407. The first kappa shape index (κ1) is 25.5. The van der Waals surface area contributed by atoms with E-state index in [0.717, 1.165) is 52.3 Å². The van der Waals surface area contributed by atoms with Gasteiger partial charge in [0.2, 0.25) is 0 Å². The zero-order valence-corrected chi connectivity index (χ0v) is 22.1. The number of carbonyl (C=O) groups is 1. The molecule has 1 aromatic heterocycles. The van der Waals surface area contributed by atoms with E-state index >= 15 is 0 Å². The van der Waals surface area contributed by atoms with E-state index in [4.69, 9.17) is 9.72 Å². The van der Waals surface area contributed by atoms with Gasteiger partial charge in [-0.1, -0.05) is 62.7 Å². The third kappa shape index (κ3) is 6.14. The molecular weight excluding hydrogens is 446 g/mol. The third-order valence-electron chi connectivity index (χ3n) is 6.51. The quantitative estimate of drug-likeness (QED) is 0.281. The second kappa shape index (κ2) is 11.0. The highest BCUT2D eigenvalue weighted by Gasteiger charge is 2.14. The van der Waals surface area contributed by atoms with Crippen LogP contribution in [-0.2, 0) is 18.4 Å². The number of benzene rings is 3. The second-order valence-corrected chi connectivity index (χ2v) is 10.5. The highest BCUT2D eigenvalue weighted by Crippen LogP contribution is 2.24. The SMILES string of the molecule is Cc1ccc(C(=O)NCCc2nc3ccccc3n2CCCOc2ccc(C(C)(C)C)cc2)c(C)c1. The Morgan fingerprint density at radius 1 is 1.00 bits per heavy atom. The smallest absolute Gasteiger partial charge is 0.251 e. The number of aryl methyl sites for hydroxylation is 3. The van der Waals surface area contributed by atoms with Crippen LogP contribution in [0.5, 0.6) is 5.75 Å². The number of amides is 1. The monoisotopic (exact) mass is 483 g/mol. The van der Waals surface area contributed by atoms with Crippen molar-refractivity contribution in [3.8, 4) is 5.75 Å². The Morgan fingerprint density at radius 2 is 1.75 bits per heavy atom. The standard InChI is InChI=1S/C31H37N3O2/c1-22-11-16-26(23(2)21-22)30(35)32-18-17-29-33-27-9-6-7-10-28(27)34(29)19-8-20-36-25-14-12-24(13-15-25)31(3,4)5/h6-7,9-16,21H,8,17-20H2,1-5H3,(H,32,35). The largest absolute Gasteiger partial charge is 0.494 e. The second-order valence-electron chi connectivity index (χ2n) is 10.5. The number of para-hydroxylation sites is 2. The molecule has 0 fully saturated rings. The van der Waals surface area contributed by atoms with E-state index in [-0.39, 0.29) is 11.3 Å². The Bertz CT molecular complexity index is 1330. The Labute approximate surface area is 214 Å². The molecule has 36 heavy (non-hydrogen) atoms. The van der Waals surface area contributed by atoms with Crippen LogP contribution in [0.3, 0.4) is 0 Å². The minimum Gasteiger partial charge on any atom is -0.494 e. The van der Waals surface area contributed by atoms with Crippen molar-refractivity contribution in [2.24, 2.45) is 0 Å². The van der Waals surface area contributed by atoms with Crippen molar-refractivity contribution in [3.05, 3.63) is 94.8 Å². The first-order valence-electron chi connectivity index (χ1n) is 12.8. The van der Waals surface area contributed by atoms with Gasteiger partial charge in [0.05, 0.1) is 17.6 Å². The Balaban J connectivity index is 1.36. The van der Waals surface area contributed by atoms with E-state index in [1.54, 1.807) is 0 Å². The van der Waals surface area contributed by atoms with E-state index in [1.807, 2.05) is 50.2 Å². The van der Waals surface area contributed by atoms with Gasteiger partial charge in [0, 0.05) is 25.1 Å². The molecule has 3 aromatic carbocycles. The van der Waals surface area contributed by atoms with Crippen molar-refractivity contribution in [1.82, 2.24) is 14.9 Å². The molecule has 0 saturated heterocycles. The summed E-state index contributed by atoms with van der Waals surface area (Å²) in [4.78, 5) is 17.5. The number of nitrogens with zero attached hydrogens (tertiary/aromatic N) is 2. The predicted molar refractivity (Wildman–Crippen MR) is 147 cm³/mol. The summed E-state index contributed by atoms with van der Waals surface area (Å²) in [5.74, 6) is 1.83. The third-order valence-corrected chi connectivity index (χ3v) is 6.51. The zero-order valence-electron chi connectivity index (χ0n) is 22.1. The van der Waals surface area contributed by atoms with Gasteiger partial charge in [0.25, 0.3) is 5.91 Å². The maximum Gasteiger partial charge on any atom is 0.251 e. The van der Waals surface area contributed by atoms with Gasteiger partial charge in [-0.3, -0.25) is 4.79 Å². The summed E-state index contributed by atoms with van der Waals surface area (Å²) in [7, 11) is 0. The number of hydrogen-bond acceptors (Lipinski definition) is 3. The van der Waals surface area contributed by atoms with Crippen LogP contribution in [0, 0.1) is 13.8 Å². The molecule has 4 aromatic rings. The number of aromatic nitrogens is 2. The van der Waals surface area contributed by atoms with Crippen LogP contribution in [-0.4, -0.2) is 28.6 Å². The van der Waals surface area contributed by atoms with Gasteiger partial charge < -0.3 is 14.6 Å². The Morgan fingerprint density at radius 3 is 2.47 bits per heavy atom. The Hall–Kier alpha value is -3.60. The van der Waals surface area contributed by atoms with Crippen LogP contribution in [0.25, 0.3) is 11.0 Å². The van der Waals surface area contributed by atoms with Crippen molar-refractivity contribution in [1.29, 1.82) is 0 Å². The van der Waals surface area contributed by atoms with E-state index in [2.05, 4.69) is 61.0 Å². The van der Waals surface area contributed by atoms with Gasteiger partial charge in [0.15, 0.2) is 0 Å². The molecule has 0 atom stereocenters. The van der Waals surface area contributed by atoms with E-state index in [9.17, 15) is 4.79 Å². The zero-order chi connectivity index (χ0) is 25.7. The number of hydrogen-bond donors (Lipinski definition) is 1. The number of fused-ring (bicyclic) bond motifs is 1. The van der Waals surface area contributed by atoms with Gasteiger partial charge >= 0.3 is 0 Å². The van der Waals surface area contributed by atoms with Gasteiger partial charge in [0.1, 0.15) is 11.6 Å². The van der Waals surface area contributed by atoms with Crippen LogP contribution in [0.1, 0.15) is 60.1 Å². The van der Waals surface area contributed by atoms with Crippen LogP contribution in [0.2, 0.25) is 0 Å². The summed E-state index contributed by atoms with van der Waals surface area (Å²) >= 11 is 0. The topological polar surface area (TPSA) is 56.2 Å². The molecule has 1 N–H and O–H groups in total. The predicted octanol–water partition coefficient (Wildman–Crippen LogP) is 6.39. The number of carbonyl (C=O) groups excluding carboxylic acids is 1. The van der Waals surface area contributed by atoms with Gasteiger partial charge in [-0.2, -0.15) is 0 Å². The molecule has 1 amide bonds. The average Bonchev–Trinajstić information content (AvgIpc) is 3.18. The van der Waals surface area contributed by atoms with E-state index < -0.39 is 0 Å². The summed E-state index contributed by atoms with van der Waals surface area (Å²) < 4.78 is 8.27. The molecule has 0 saturated carbocycles. The normalized spacial score (nSPS) is 11.6. The van der Waals surface area contributed by atoms with E-state index in [1.165, 1.54) is 5.56 Å². The maximum absolute atomic E-state index is 12.7. The first-order valence-corrected chi connectivity index (χ1v) is 12.8. The summed E-state index contributed by atoms with van der Waals surface area (Å²) in [6, 6.07) is 22.5. The van der Waals surface area contributed by atoms with Crippen molar-refractivity contribution in [2.45, 2.75) is 59.4 Å². The molecule has 0 aliphatic carbocycles. The molecule has 1 heterocycles. The first-order chi connectivity index (χ1) is 17.2. The van der Waals surface area contributed by atoms with Crippen LogP contribution in [0.4, 0.5) is 0 Å². The molecule has 5 heteroatoms. The highest BCUT2D eigenvalue weighted by molar-refractivity contribution is 5.95. The summed E-state index contributed by atoms with van der Waals surface area (Å²) in [5.41, 5.74) is 6.40. The number of ether oxygens (including phenoxy) is 1. The van der Waals surface area contributed by atoms with Crippen molar-refractivity contribution < 1.29 is 9.53 Å². The van der Waals surface area contributed by atoms with Gasteiger partial charge in [-0.05, 0) is 67.1 Å². The molecule has 4 rings (SSSR count). The summed E-state index contributed by atoms with van der Waals surface area (Å²) in [5, 5.41) is 3.07. The molecule has 0 aliphatic heterocycles. The number of imidazole rings is 1. The Kier molecular flexibility index (Phi) is 7.78. The molecule has 0 bridgehead atoms. The average molecular weight is 484 g/mol. The van der Waals surface area contributed by atoms with Crippen LogP contribution in [0.15, 0.2) is 66.7 Å². The number of rotatable bonds is 9. The van der Waals surface area contributed by atoms with Gasteiger partial charge in [-0.15, -0.1) is 0 Å². The summed E-state index contributed by atoms with van der Waals surface area (Å²) in [6.45, 7) is 12.6. The highest BCUT2D eigenvalue weighted by atomic mass is 16.5. The maximum atomic E-state index is 12.7. The van der Waals surface area contributed by atoms with Crippen LogP contribution >= 0.6 is 0 Å². The van der Waals surface area contributed by atoms with Gasteiger partial charge in [-0.25, -0.2) is 4.98 Å². The number of nitrogens with one attached hydrogen (secondary N) is 1. The molecule has 0 radical (unpaired) electrons.